The molecule has 0 aliphatic heterocycles. The fourth-order valence-corrected chi connectivity index (χ4v) is 7.61. The van der Waals surface area contributed by atoms with Gasteiger partial charge in [-0.15, -0.1) is 0 Å². The number of sulfone groups is 1. The van der Waals surface area contributed by atoms with Crippen LogP contribution in [0.3, 0.4) is 0 Å². The molecule has 0 saturated carbocycles. The van der Waals surface area contributed by atoms with E-state index in [0.717, 1.165) is 11.6 Å². The summed E-state index contributed by atoms with van der Waals surface area (Å²) >= 11 is 13.2. The number of rotatable bonds is 10. The van der Waals surface area contributed by atoms with Crippen molar-refractivity contribution in [1.29, 1.82) is 0 Å². The first-order valence-corrected chi connectivity index (χ1v) is 16.9. The van der Waals surface area contributed by atoms with E-state index in [4.69, 9.17) is 27.6 Å². The van der Waals surface area contributed by atoms with Crippen molar-refractivity contribution in [3.63, 3.8) is 0 Å². The van der Waals surface area contributed by atoms with Crippen molar-refractivity contribution in [3.05, 3.63) is 93.7 Å². The van der Waals surface area contributed by atoms with Gasteiger partial charge in [0.2, 0.25) is 0 Å². The highest BCUT2D eigenvalue weighted by Gasteiger charge is 2.29. The molecule has 2 unspecified atom stereocenters. The van der Waals surface area contributed by atoms with Gasteiger partial charge in [0.05, 0.1) is 11.2 Å². The number of aliphatic carboxylic acids is 1. The summed E-state index contributed by atoms with van der Waals surface area (Å²) < 4.78 is 43.1. The Balaban J connectivity index is 1.52. The SMILES string of the molecule is CC(c1cc(Cl)c(CN[C@@H](Cc2cccc(S(C)(=O)=O)c2)C(=O)O)c(Cl)c1)P(C)(=O)c1ccc2ccoc2c1. The number of hydrogen-bond acceptors (Lipinski definition) is 6. The van der Waals surface area contributed by atoms with Crippen molar-refractivity contribution in [2.45, 2.75) is 36.5 Å². The van der Waals surface area contributed by atoms with Gasteiger partial charge < -0.3 is 14.1 Å². The predicted molar refractivity (Wildman–Crippen MR) is 156 cm³/mol. The highest BCUT2D eigenvalue weighted by Crippen LogP contribution is 2.55. The number of halogens is 2. The van der Waals surface area contributed by atoms with Crippen LogP contribution < -0.4 is 10.6 Å². The van der Waals surface area contributed by atoms with E-state index in [9.17, 15) is 22.9 Å². The number of nitrogens with one attached hydrogen (secondary N) is 1. The molecule has 4 rings (SSSR count). The summed E-state index contributed by atoms with van der Waals surface area (Å²) in [5.41, 5.74) is 2.04. The molecule has 1 heterocycles. The molecule has 3 aromatic carbocycles. The minimum absolute atomic E-state index is 0.0576. The lowest BCUT2D eigenvalue weighted by molar-refractivity contribution is -0.139. The van der Waals surface area contributed by atoms with Crippen molar-refractivity contribution in [2.75, 3.05) is 12.9 Å². The Morgan fingerprint density at radius 2 is 1.77 bits per heavy atom. The quantitative estimate of drug-likeness (QED) is 0.203. The lowest BCUT2D eigenvalue weighted by atomic mass is 10.0. The first-order valence-electron chi connectivity index (χ1n) is 12.1. The Hall–Kier alpha value is -2.61. The van der Waals surface area contributed by atoms with Gasteiger partial charge in [0, 0.05) is 44.8 Å². The van der Waals surface area contributed by atoms with Gasteiger partial charge in [-0.25, -0.2) is 8.42 Å². The summed E-state index contributed by atoms with van der Waals surface area (Å²) in [6.07, 6.45) is 2.75. The van der Waals surface area contributed by atoms with Crippen molar-refractivity contribution < 1.29 is 27.3 Å². The lowest BCUT2D eigenvalue weighted by Crippen LogP contribution is -2.38. The Labute approximate surface area is 237 Å². The largest absolute Gasteiger partial charge is 0.480 e. The summed E-state index contributed by atoms with van der Waals surface area (Å²) in [7, 11) is -6.33. The first-order chi connectivity index (χ1) is 18.3. The van der Waals surface area contributed by atoms with Crippen LogP contribution in [0.15, 0.2) is 76.2 Å². The van der Waals surface area contributed by atoms with E-state index in [2.05, 4.69) is 5.32 Å². The Morgan fingerprint density at radius 1 is 1.08 bits per heavy atom. The number of benzene rings is 3. The van der Waals surface area contributed by atoms with E-state index in [1.807, 2.05) is 25.1 Å². The van der Waals surface area contributed by atoms with Crippen LogP contribution in [-0.2, 0) is 32.2 Å². The van der Waals surface area contributed by atoms with Gasteiger partial charge in [0.1, 0.15) is 18.8 Å². The third-order valence-corrected chi connectivity index (χ3v) is 11.8. The summed E-state index contributed by atoms with van der Waals surface area (Å²) in [6.45, 7) is 3.64. The van der Waals surface area contributed by atoms with Crippen LogP contribution in [0.5, 0.6) is 0 Å². The zero-order valence-electron chi connectivity index (χ0n) is 21.5. The average molecular weight is 608 g/mol. The number of carboxylic acid groups (broad SMARTS) is 1. The van der Waals surface area contributed by atoms with E-state index in [0.29, 0.717) is 37.6 Å². The summed E-state index contributed by atoms with van der Waals surface area (Å²) in [4.78, 5) is 12.1. The molecule has 0 radical (unpaired) electrons. The van der Waals surface area contributed by atoms with Gasteiger partial charge in [0.15, 0.2) is 9.84 Å². The Morgan fingerprint density at radius 3 is 2.41 bits per heavy atom. The molecule has 0 saturated heterocycles. The molecule has 4 aromatic rings. The monoisotopic (exact) mass is 607 g/mol. The lowest BCUT2D eigenvalue weighted by Gasteiger charge is -2.23. The molecule has 0 aliphatic rings. The standard InChI is InChI=1S/C28H28Cl2NO6PS/c1-17(38(2,34)21-8-7-19-9-10-37-27(19)15-21)20-13-24(29)23(25(30)14-20)16-31-26(28(32)33)12-18-5-4-6-22(11-18)39(3,35)36/h4-11,13-15,17,26,31H,12,16H2,1-3H3,(H,32,33)/t17?,26-,38?/m0/s1. The van der Waals surface area contributed by atoms with E-state index in [1.165, 1.54) is 12.1 Å². The second-order valence-corrected chi connectivity index (χ2v) is 15.8. The van der Waals surface area contributed by atoms with Crippen molar-refractivity contribution in [2.24, 2.45) is 0 Å². The molecule has 0 amide bonds. The molecule has 206 valence electrons. The summed E-state index contributed by atoms with van der Waals surface area (Å²) in [6, 6.07) is 16.0. The summed E-state index contributed by atoms with van der Waals surface area (Å²) in [5.74, 6) is -1.10. The molecule has 1 aromatic heterocycles. The minimum Gasteiger partial charge on any atom is -0.480 e. The third kappa shape index (κ3) is 6.59. The van der Waals surface area contributed by atoms with E-state index >= 15 is 0 Å². The van der Waals surface area contributed by atoms with Crippen LogP contribution in [0.25, 0.3) is 11.0 Å². The maximum atomic E-state index is 13.9. The molecule has 0 spiro atoms. The van der Waals surface area contributed by atoms with Crippen LogP contribution in [0.2, 0.25) is 10.0 Å². The molecule has 0 bridgehead atoms. The number of furan rings is 1. The van der Waals surface area contributed by atoms with E-state index in [1.54, 1.807) is 43.3 Å². The smallest absolute Gasteiger partial charge is 0.321 e. The predicted octanol–water partition coefficient (Wildman–Crippen LogP) is 6.31. The van der Waals surface area contributed by atoms with Gasteiger partial charge in [-0.1, -0.05) is 54.4 Å². The van der Waals surface area contributed by atoms with Crippen molar-refractivity contribution in [1.82, 2.24) is 5.32 Å². The Bertz CT molecular complexity index is 1680. The maximum absolute atomic E-state index is 13.9. The second kappa shape index (κ2) is 11.5. The molecule has 7 nitrogen and oxygen atoms in total. The Kier molecular flexibility index (Phi) is 8.64. The molecule has 3 atom stereocenters. The van der Waals surface area contributed by atoms with E-state index < -0.39 is 34.6 Å². The number of carboxylic acids is 1. The molecule has 0 fully saturated rings. The van der Waals surface area contributed by atoms with Crippen LogP contribution in [-0.4, -0.2) is 38.5 Å². The van der Waals surface area contributed by atoms with E-state index in [-0.39, 0.29) is 17.9 Å². The number of fused-ring (bicyclic) bond motifs is 1. The third-order valence-electron chi connectivity index (χ3n) is 6.93. The topological polar surface area (TPSA) is 114 Å². The maximum Gasteiger partial charge on any atom is 0.321 e. The van der Waals surface area contributed by atoms with Gasteiger partial charge in [-0.05, 0) is 60.6 Å². The molecule has 0 aliphatic carbocycles. The van der Waals surface area contributed by atoms with Crippen LogP contribution in [0, 0.1) is 0 Å². The molecular weight excluding hydrogens is 580 g/mol. The van der Waals surface area contributed by atoms with Gasteiger partial charge in [-0.3, -0.25) is 10.1 Å². The second-order valence-electron chi connectivity index (χ2n) is 9.67. The fourth-order valence-electron chi connectivity index (χ4n) is 4.37. The summed E-state index contributed by atoms with van der Waals surface area (Å²) in [5, 5.41) is 15.0. The first kappa shape index (κ1) is 29.4. The molecule has 11 heteroatoms. The fraction of sp³-hybridized carbons (Fsp3) is 0.250. The minimum atomic E-state index is -3.42. The molecular formula is C28H28Cl2NO6PS. The average Bonchev–Trinajstić information content (AvgIpc) is 3.34. The van der Waals surface area contributed by atoms with Gasteiger partial charge >= 0.3 is 5.97 Å². The van der Waals surface area contributed by atoms with Crippen LogP contribution in [0.4, 0.5) is 0 Å². The zero-order chi connectivity index (χ0) is 28.5. The highest BCUT2D eigenvalue weighted by molar-refractivity contribution is 7.90. The van der Waals surface area contributed by atoms with Crippen LogP contribution >= 0.6 is 30.3 Å². The van der Waals surface area contributed by atoms with Gasteiger partial charge in [-0.2, -0.15) is 0 Å². The number of carbonyl (C=O) groups is 1. The van der Waals surface area contributed by atoms with Crippen LogP contribution in [0.1, 0.15) is 29.3 Å². The number of hydrogen-bond donors (Lipinski definition) is 2. The molecule has 39 heavy (non-hydrogen) atoms. The highest BCUT2D eigenvalue weighted by atomic mass is 35.5. The van der Waals surface area contributed by atoms with Crippen molar-refractivity contribution in [3.8, 4) is 0 Å². The normalized spacial score (nSPS) is 15.1. The van der Waals surface area contributed by atoms with Gasteiger partial charge in [0.25, 0.3) is 0 Å². The zero-order valence-corrected chi connectivity index (χ0v) is 24.7. The molecule has 2 N–H and O–H groups in total. The van der Waals surface area contributed by atoms with Crippen molar-refractivity contribution >= 4 is 62.4 Å².